The molecule has 2 nitrogen and oxygen atoms in total. The molecule has 2 aromatic carbocycles. The summed E-state index contributed by atoms with van der Waals surface area (Å²) in [6.07, 6.45) is 2.11. The molecule has 2 heterocycles. The van der Waals surface area contributed by atoms with Crippen LogP contribution < -0.4 is 0 Å². The van der Waals surface area contributed by atoms with E-state index in [1.807, 2.05) is 24.3 Å². The molecule has 0 unspecified atom stereocenters. The minimum Gasteiger partial charge on any atom is -0.298 e. The van der Waals surface area contributed by atoms with Crippen molar-refractivity contribution in [3.8, 4) is 27.6 Å². The van der Waals surface area contributed by atoms with Gasteiger partial charge in [0.05, 0.1) is 10.6 Å². The summed E-state index contributed by atoms with van der Waals surface area (Å²) in [5.74, 6) is 0.986. The van der Waals surface area contributed by atoms with Crippen LogP contribution in [0.15, 0.2) is 84.4 Å². The molecule has 2 aromatic heterocycles. The predicted molar refractivity (Wildman–Crippen MR) is 92.3 cm³/mol. The summed E-state index contributed by atoms with van der Waals surface area (Å²) in [6.45, 7) is 0. The van der Waals surface area contributed by atoms with Gasteiger partial charge in [-0.3, -0.25) is 4.57 Å². The van der Waals surface area contributed by atoms with Gasteiger partial charge in [-0.1, -0.05) is 54.6 Å². The molecule has 4 rings (SSSR count). The van der Waals surface area contributed by atoms with E-state index in [-0.39, 0.29) is 0 Å². The summed E-state index contributed by atoms with van der Waals surface area (Å²) in [7, 11) is 0. The van der Waals surface area contributed by atoms with Gasteiger partial charge in [0.25, 0.3) is 0 Å². The molecular formula is C19H14N2S. The molecule has 0 spiro atoms. The highest BCUT2D eigenvalue weighted by atomic mass is 32.1. The highest BCUT2D eigenvalue weighted by molar-refractivity contribution is 7.13. The Kier molecular flexibility index (Phi) is 3.33. The quantitative estimate of drug-likeness (QED) is 0.504. The minimum atomic E-state index is 0.986. The second-order valence-corrected chi connectivity index (χ2v) is 5.95. The zero-order valence-electron chi connectivity index (χ0n) is 11.9. The predicted octanol–water partition coefficient (Wildman–Crippen LogP) is 5.27. The second kappa shape index (κ2) is 5.62. The van der Waals surface area contributed by atoms with Gasteiger partial charge >= 0.3 is 0 Å². The summed E-state index contributed by atoms with van der Waals surface area (Å²) in [5.41, 5.74) is 3.25. The Morgan fingerprint density at radius 3 is 2.18 bits per heavy atom. The molecule has 4 aromatic rings. The Morgan fingerprint density at radius 2 is 1.50 bits per heavy atom. The fourth-order valence-corrected chi connectivity index (χ4v) is 3.20. The van der Waals surface area contributed by atoms with Crippen molar-refractivity contribution in [2.45, 2.75) is 0 Å². The molecule has 106 valence electrons. The largest absolute Gasteiger partial charge is 0.298 e. The van der Waals surface area contributed by atoms with Crippen LogP contribution in [0.4, 0.5) is 0 Å². The van der Waals surface area contributed by atoms with Crippen LogP contribution in [0.25, 0.3) is 27.6 Å². The van der Waals surface area contributed by atoms with Gasteiger partial charge in [-0.25, -0.2) is 4.98 Å². The van der Waals surface area contributed by atoms with Gasteiger partial charge in [0.1, 0.15) is 0 Å². The van der Waals surface area contributed by atoms with E-state index in [0.29, 0.717) is 0 Å². The molecule has 0 saturated heterocycles. The molecule has 0 atom stereocenters. The number of aromatic nitrogens is 2. The molecular weight excluding hydrogens is 288 g/mol. The summed E-state index contributed by atoms with van der Waals surface area (Å²) in [6, 6.07) is 24.8. The Labute approximate surface area is 133 Å². The monoisotopic (exact) mass is 302 g/mol. The van der Waals surface area contributed by atoms with Crippen LogP contribution in [0.5, 0.6) is 0 Å². The van der Waals surface area contributed by atoms with E-state index in [0.717, 1.165) is 22.8 Å². The summed E-state index contributed by atoms with van der Waals surface area (Å²) < 4.78 is 2.16. The van der Waals surface area contributed by atoms with Crippen LogP contribution >= 0.6 is 11.3 Å². The van der Waals surface area contributed by atoms with E-state index in [2.05, 4.69) is 64.7 Å². The van der Waals surface area contributed by atoms with Gasteiger partial charge in [0, 0.05) is 17.4 Å². The van der Waals surface area contributed by atoms with Crippen molar-refractivity contribution >= 4 is 11.3 Å². The van der Waals surface area contributed by atoms with Crippen molar-refractivity contribution in [3.05, 3.63) is 84.4 Å². The third kappa shape index (κ3) is 2.36. The van der Waals surface area contributed by atoms with Crippen molar-refractivity contribution in [3.63, 3.8) is 0 Å². The summed E-state index contributed by atoms with van der Waals surface area (Å²) in [5, 5.41) is 2.08. The van der Waals surface area contributed by atoms with Crippen molar-refractivity contribution < 1.29 is 0 Å². The maximum atomic E-state index is 4.87. The van der Waals surface area contributed by atoms with Gasteiger partial charge in [-0.2, -0.15) is 0 Å². The minimum absolute atomic E-state index is 0.986. The highest BCUT2D eigenvalue weighted by Crippen LogP contribution is 2.30. The molecule has 0 aliphatic heterocycles. The molecule has 0 N–H and O–H groups in total. The topological polar surface area (TPSA) is 17.8 Å². The van der Waals surface area contributed by atoms with Crippen LogP contribution in [0.2, 0.25) is 0 Å². The first-order valence-electron chi connectivity index (χ1n) is 7.16. The van der Waals surface area contributed by atoms with E-state index in [1.165, 1.54) is 4.88 Å². The first-order chi connectivity index (χ1) is 10.9. The average Bonchev–Trinajstić information content (AvgIpc) is 3.26. The van der Waals surface area contributed by atoms with Crippen molar-refractivity contribution in [2.75, 3.05) is 0 Å². The number of hydrogen-bond donors (Lipinski definition) is 0. The highest BCUT2D eigenvalue weighted by Gasteiger charge is 2.13. The number of nitrogens with zero attached hydrogens (tertiary/aromatic N) is 2. The van der Waals surface area contributed by atoms with E-state index in [9.17, 15) is 0 Å². The van der Waals surface area contributed by atoms with Gasteiger partial charge in [-0.15, -0.1) is 11.3 Å². The zero-order chi connectivity index (χ0) is 14.8. The van der Waals surface area contributed by atoms with Crippen molar-refractivity contribution in [1.29, 1.82) is 0 Å². The third-order valence-electron chi connectivity index (χ3n) is 3.55. The SMILES string of the molecule is c1ccc(-c2cn(-c3ccccc3)c(-c3cccs3)n2)cc1. The number of rotatable bonds is 3. The number of imidazole rings is 1. The van der Waals surface area contributed by atoms with Crippen molar-refractivity contribution in [1.82, 2.24) is 9.55 Å². The number of para-hydroxylation sites is 1. The Bertz CT molecular complexity index is 862. The van der Waals surface area contributed by atoms with Crippen LogP contribution in [0.3, 0.4) is 0 Å². The van der Waals surface area contributed by atoms with Gasteiger partial charge in [0.15, 0.2) is 5.82 Å². The average molecular weight is 302 g/mol. The smallest absolute Gasteiger partial charge is 0.155 e. The fourth-order valence-electron chi connectivity index (χ4n) is 2.49. The lowest BCUT2D eigenvalue weighted by Gasteiger charge is -2.05. The molecule has 0 aliphatic carbocycles. The second-order valence-electron chi connectivity index (χ2n) is 5.00. The van der Waals surface area contributed by atoms with Gasteiger partial charge < -0.3 is 0 Å². The first-order valence-corrected chi connectivity index (χ1v) is 8.04. The van der Waals surface area contributed by atoms with Gasteiger partial charge in [-0.05, 0) is 23.6 Å². The Morgan fingerprint density at radius 1 is 0.773 bits per heavy atom. The lowest BCUT2D eigenvalue weighted by Crippen LogP contribution is -1.94. The first kappa shape index (κ1) is 13.0. The maximum absolute atomic E-state index is 4.87. The van der Waals surface area contributed by atoms with E-state index < -0.39 is 0 Å². The standard InChI is InChI=1S/C19H14N2S/c1-3-8-15(9-4-1)17-14-21(16-10-5-2-6-11-16)19(20-17)18-12-7-13-22-18/h1-14H. The molecule has 3 heteroatoms. The lowest BCUT2D eigenvalue weighted by molar-refractivity contribution is 1.07. The maximum Gasteiger partial charge on any atom is 0.155 e. The molecule has 0 amide bonds. The summed E-state index contributed by atoms with van der Waals surface area (Å²) >= 11 is 1.71. The molecule has 0 radical (unpaired) electrons. The molecule has 0 bridgehead atoms. The Balaban J connectivity index is 1.91. The zero-order valence-corrected chi connectivity index (χ0v) is 12.7. The third-order valence-corrected chi connectivity index (χ3v) is 4.42. The van der Waals surface area contributed by atoms with E-state index in [1.54, 1.807) is 11.3 Å². The number of hydrogen-bond acceptors (Lipinski definition) is 2. The molecule has 0 saturated carbocycles. The van der Waals surface area contributed by atoms with Crippen LogP contribution in [0.1, 0.15) is 0 Å². The summed E-state index contributed by atoms with van der Waals surface area (Å²) in [4.78, 5) is 6.04. The Hall–Kier alpha value is -2.65. The molecule has 22 heavy (non-hydrogen) atoms. The molecule has 0 aliphatic rings. The number of thiophene rings is 1. The normalized spacial score (nSPS) is 10.7. The fraction of sp³-hybridized carbons (Fsp3) is 0. The van der Waals surface area contributed by atoms with Gasteiger partial charge in [0.2, 0.25) is 0 Å². The van der Waals surface area contributed by atoms with Crippen LogP contribution in [0, 0.1) is 0 Å². The van der Waals surface area contributed by atoms with Crippen molar-refractivity contribution in [2.24, 2.45) is 0 Å². The van der Waals surface area contributed by atoms with E-state index >= 15 is 0 Å². The number of benzene rings is 2. The van der Waals surface area contributed by atoms with Crippen LogP contribution in [-0.2, 0) is 0 Å². The lowest BCUT2D eigenvalue weighted by atomic mass is 10.2. The molecule has 0 fully saturated rings. The van der Waals surface area contributed by atoms with E-state index in [4.69, 9.17) is 4.98 Å². The van der Waals surface area contributed by atoms with Crippen LogP contribution in [-0.4, -0.2) is 9.55 Å².